The molecule has 0 unspecified atom stereocenters. The number of halogens is 2. The van der Waals surface area contributed by atoms with Gasteiger partial charge < -0.3 is 11.1 Å². The van der Waals surface area contributed by atoms with E-state index >= 15 is 0 Å². The smallest absolute Gasteiger partial charge is 0.255 e. The van der Waals surface area contributed by atoms with Crippen LogP contribution in [0.25, 0.3) is 11.3 Å². The quantitative estimate of drug-likeness (QED) is 0.622. The number of H-pyrrole nitrogens is 1. The summed E-state index contributed by atoms with van der Waals surface area (Å²) in [5, 5.41) is 8.86. The molecule has 4 N–H and O–H groups in total. The first-order valence-corrected chi connectivity index (χ1v) is 8.09. The van der Waals surface area contributed by atoms with E-state index in [0.717, 1.165) is 12.1 Å². The van der Waals surface area contributed by atoms with Gasteiger partial charge in [0.15, 0.2) is 0 Å². The lowest BCUT2D eigenvalue weighted by Gasteiger charge is -2.18. The van der Waals surface area contributed by atoms with Crippen LogP contribution in [0, 0.1) is 11.6 Å². The second-order valence-electron chi connectivity index (χ2n) is 5.86. The van der Waals surface area contributed by atoms with Crippen molar-refractivity contribution in [3.63, 3.8) is 0 Å². The molecule has 0 radical (unpaired) electrons. The molecule has 0 fully saturated rings. The Kier molecular flexibility index (Phi) is 5.25. The Hall–Kier alpha value is -3.55. The predicted molar refractivity (Wildman–Crippen MR) is 94.4 cm³/mol. The van der Waals surface area contributed by atoms with Crippen LogP contribution in [0.1, 0.15) is 28.4 Å². The lowest BCUT2D eigenvalue weighted by atomic mass is 10.0. The highest BCUT2D eigenvalue weighted by molar-refractivity contribution is 6.00. The van der Waals surface area contributed by atoms with Crippen molar-refractivity contribution in [3.05, 3.63) is 77.5 Å². The van der Waals surface area contributed by atoms with Gasteiger partial charge in [-0.3, -0.25) is 14.7 Å². The van der Waals surface area contributed by atoms with Gasteiger partial charge in [-0.05, 0) is 17.7 Å². The van der Waals surface area contributed by atoms with Crippen molar-refractivity contribution in [3.8, 4) is 11.3 Å². The number of carbonyl (C=O) groups is 2. The standard InChI is InChI=1S/C19H16F2N4O2/c20-13-7-4-8-14(21)17(13)18-12(10-23-25-18)19(27)24-15(9-16(22)26)11-5-2-1-3-6-11/h1-8,10,15H,9H2,(H2,22,26)(H,23,25)(H,24,27)/t15-/m0/s1. The molecule has 3 rings (SSSR count). The number of rotatable bonds is 6. The SMILES string of the molecule is NC(=O)C[C@H](NC(=O)c1cn[nH]c1-c1c(F)cccc1F)c1ccccc1. The largest absolute Gasteiger partial charge is 0.370 e. The zero-order valence-electron chi connectivity index (χ0n) is 14.1. The minimum absolute atomic E-state index is 0.0515. The molecule has 8 heteroatoms. The van der Waals surface area contributed by atoms with Gasteiger partial charge in [-0.25, -0.2) is 8.78 Å². The lowest BCUT2D eigenvalue weighted by Crippen LogP contribution is -2.32. The molecule has 3 aromatic rings. The van der Waals surface area contributed by atoms with Gasteiger partial charge in [0.1, 0.15) is 11.6 Å². The molecular weight excluding hydrogens is 354 g/mol. The molecule has 2 amide bonds. The topological polar surface area (TPSA) is 101 Å². The monoisotopic (exact) mass is 370 g/mol. The number of nitrogens with zero attached hydrogens (tertiary/aromatic N) is 1. The molecule has 1 aromatic heterocycles. The Morgan fingerprint density at radius 2 is 1.74 bits per heavy atom. The Morgan fingerprint density at radius 3 is 2.37 bits per heavy atom. The van der Waals surface area contributed by atoms with Gasteiger partial charge in [0.25, 0.3) is 5.91 Å². The highest BCUT2D eigenvalue weighted by atomic mass is 19.1. The molecule has 0 aliphatic carbocycles. The van der Waals surface area contributed by atoms with Crippen molar-refractivity contribution in [2.45, 2.75) is 12.5 Å². The third kappa shape index (κ3) is 4.00. The normalized spacial score (nSPS) is 11.8. The van der Waals surface area contributed by atoms with Crippen LogP contribution in [0.4, 0.5) is 8.78 Å². The summed E-state index contributed by atoms with van der Waals surface area (Å²) in [5.74, 6) is -2.90. The van der Waals surface area contributed by atoms with E-state index in [1.165, 1.54) is 12.3 Å². The minimum Gasteiger partial charge on any atom is -0.370 e. The zero-order valence-corrected chi connectivity index (χ0v) is 14.1. The highest BCUT2D eigenvalue weighted by Crippen LogP contribution is 2.27. The molecule has 1 heterocycles. The Morgan fingerprint density at radius 1 is 1.07 bits per heavy atom. The van der Waals surface area contributed by atoms with E-state index in [9.17, 15) is 18.4 Å². The maximum absolute atomic E-state index is 14.1. The maximum atomic E-state index is 14.1. The second kappa shape index (κ2) is 7.77. The number of aromatic nitrogens is 2. The third-order valence-electron chi connectivity index (χ3n) is 4.01. The molecular formula is C19H16F2N4O2. The van der Waals surface area contributed by atoms with Gasteiger partial charge in [-0.1, -0.05) is 36.4 Å². The number of carbonyl (C=O) groups excluding carboxylic acids is 2. The minimum atomic E-state index is -0.829. The van der Waals surface area contributed by atoms with Crippen LogP contribution in [-0.4, -0.2) is 22.0 Å². The molecule has 0 spiro atoms. The number of nitrogens with two attached hydrogens (primary N) is 1. The van der Waals surface area contributed by atoms with E-state index < -0.39 is 29.5 Å². The Labute approximate surface area is 153 Å². The van der Waals surface area contributed by atoms with Gasteiger partial charge in [-0.15, -0.1) is 0 Å². The lowest BCUT2D eigenvalue weighted by molar-refractivity contribution is -0.118. The van der Waals surface area contributed by atoms with Crippen molar-refractivity contribution in [2.75, 3.05) is 0 Å². The van der Waals surface area contributed by atoms with Gasteiger partial charge >= 0.3 is 0 Å². The zero-order chi connectivity index (χ0) is 19.4. The summed E-state index contributed by atoms with van der Waals surface area (Å²) in [5.41, 5.74) is 5.43. The second-order valence-corrected chi connectivity index (χ2v) is 5.86. The average molecular weight is 370 g/mol. The first-order chi connectivity index (χ1) is 13.0. The fraction of sp³-hybridized carbons (Fsp3) is 0.105. The molecule has 138 valence electrons. The molecule has 0 aliphatic heterocycles. The molecule has 0 saturated heterocycles. The van der Waals surface area contributed by atoms with Crippen molar-refractivity contribution >= 4 is 11.8 Å². The number of primary amides is 1. The molecule has 0 bridgehead atoms. The summed E-state index contributed by atoms with van der Waals surface area (Å²) in [6, 6.07) is 11.5. The molecule has 6 nitrogen and oxygen atoms in total. The number of hydrogen-bond acceptors (Lipinski definition) is 3. The van der Waals surface area contributed by atoms with Gasteiger partial charge in [0.05, 0.1) is 35.5 Å². The average Bonchev–Trinajstić information content (AvgIpc) is 3.11. The summed E-state index contributed by atoms with van der Waals surface area (Å²) in [6.07, 6.45) is 1.04. The first kappa shape index (κ1) is 18.2. The van der Waals surface area contributed by atoms with Crippen molar-refractivity contribution in [1.82, 2.24) is 15.5 Å². The fourth-order valence-corrected chi connectivity index (χ4v) is 2.76. The van der Waals surface area contributed by atoms with E-state index in [2.05, 4.69) is 15.5 Å². The van der Waals surface area contributed by atoms with Crippen LogP contribution in [0.3, 0.4) is 0 Å². The Bertz CT molecular complexity index is 953. The number of amides is 2. The molecule has 0 saturated carbocycles. The maximum Gasteiger partial charge on any atom is 0.255 e. The third-order valence-corrected chi connectivity index (χ3v) is 4.01. The van der Waals surface area contributed by atoms with Crippen LogP contribution >= 0.6 is 0 Å². The molecule has 0 aliphatic rings. The number of nitrogens with one attached hydrogen (secondary N) is 2. The van der Waals surface area contributed by atoms with Crippen LogP contribution in [-0.2, 0) is 4.79 Å². The Balaban J connectivity index is 1.92. The van der Waals surface area contributed by atoms with Crippen molar-refractivity contribution < 1.29 is 18.4 Å². The van der Waals surface area contributed by atoms with Crippen LogP contribution in [0.2, 0.25) is 0 Å². The molecule has 27 heavy (non-hydrogen) atoms. The summed E-state index contributed by atoms with van der Waals surface area (Å²) >= 11 is 0. The highest BCUT2D eigenvalue weighted by Gasteiger charge is 2.24. The van der Waals surface area contributed by atoms with E-state index in [1.807, 2.05) is 0 Å². The fourth-order valence-electron chi connectivity index (χ4n) is 2.76. The van der Waals surface area contributed by atoms with Crippen molar-refractivity contribution in [1.29, 1.82) is 0 Å². The van der Waals surface area contributed by atoms with E-state index in [1.54, 1.807) is 30.3 Å². The predicted octanol–water partition coefficient (Wildman–Crippen LogP) is 2.70. The van der Waals surface area contributed by atoms with Gasteiger partial charge in [0, 0.05) is 0 Å². The van der Waals surface area contributed by atoms with E-state index in [-0.39, 0.29) is 23.2 Å². The summed E-state index contributed by atoms with van der Waals surface area (Å²) in [6.45, 7) is 0. The summed E-state index contributed by atoms with van der Waals surface area (Å²) in [4.78, 5) is 24.1. The van der Waals surface area contributed by atoms with Crippen molar-refractivity contribution in [2.24, 2.45) is 5.73 Å². The van der Waals surface area contributed by atoms with E-state index in [4.69, 9.17) is 5.73 Å². The van der Waals surface area contributed by atoms with Gasteiger partial charge in [0.2, 0.25) is 5.91 Å². The number of hydrogen-bond donors (Lipinski definition) is 3. The van der Waals surface area contributed by atoms with Crippen LogP contribution < -0.4 is 11.1 Å². The molecule has 2 aromatic carbocycles. The summed E-state index contributed by atoms with van der Waals surface area (Å²) < 4.78 is 28.2. The van der Waals surface area contributed by atoms with Crippen LogP contribution in [0.5, 0.6) is 0 Å². The number of aromatic amines is 1. The first-order valence-electron chi connectivity index (χ1n) is 8.09. The van der Waals surface area contributed by atoms with E-state index in [0.29, 0.717) is 5.56 Å². The molecule has 1 atom stereocenters. The van der Waals surface area contributed by atoms with Gasteiger partial charge in [-0.2, -0.15) is 5.10 Å². The number of benzene rings is 2. The summed E-state index contributed by atoms with van der Waals surface area (Å²) in [7, 11) is 0. The van der Waals surface area contributed by atoms with Crippen LogP contribution in [0.15, 0.2) is 54.7 Å².